The predicted molar refractivity (Wildman–Crippen MR) is 92.8 cm³/mol. The Morgan fingerprint density at radius 3 is 2.33 bits per heavy atom. The zero-order chi connectivity index (χ0) is 16.9. The molecule has 3 rings (SSSR count). The summed E-state index contributed by atoms with van der Waals surface area (Å²) < 4.78 is 16.2. The molecule has 0 unspecified atom stereocenters. The summed E-state index contributed by atoms with van der Waals surface area (Å²) in [4.78, 5) is 13.5. The highest BCUT2D eigenvalue weighted by Crippen LogP contribution is 2.36. The summed E-state index contributed by atoms with van der Waals surface area (Å²) in [5.74, 6) is 1.37. The highest BCUT2D eigenvalue weighted by molar-refractivity contribution is 5.84. The number of quaternary nitrogens is 1. The van der Waals surface area contributed by atoms with E-state index in [1.165, 1.54) is 30.6 Å². The Labute approximate surface area is 142 Å². The SMILES string of the molecule is CCCC[NH+](CCCC)Cc1cc(=O)oc2cc3c(cc12)OCO3. The largest absolute Gasteiger partial charge is 0.454 e. The van der Waals surface area contributed by atoms with Gasteiger partial charge in [-0.3, -0.25) is 0 Å². The van der Waals surface area contributed by atoms with Crippen molar-refractivity contribution in [3.8, 4) is 11.5 Å². The molecule has 0 saturated heterocycles. The fourth-order valence-corrected chi connectivity index (χ4v) is 3.19. The molecule has 1 N–H and O–H groups in total. The Bertz CT molecular complexity index is 745. The van der Waals surface area contributed by atoms with Crippen LogP contribution in [0.4, 0.5) is 0 Å². The van der Waals surface area contributed by atoms with E-state index in [4.69, 9.17) is 13.9 Å². The van der Waals surface area contributed by atoms with Crippen molar-refractivity contribution in [3.63, 3.8) is 0 Å². The third kappa shape index (κ3) is 3.73. The fraction of sp³-hybridized carbons (Fsp3) is 0.526. The Kier molecular flexibility index (Phi) is 5.41. The number of rotatable bonds is 8. The quantitative estimate of drug-likeness (QED) is 0.755. The first kappa shape index (κ1) is 16.8. The van der Waals surface area contributed by atoms with Crippen LogP contribution in [0.25, 0.3) is 11.0 Å². The Morgan fingerprint density at radius 2 is 1.67 bits per heavy atom. The molecule has 0 radical (unpaired) electrons. The molecule has 0 saturated carbocycles. The van der Waals surface area contributed by atoms with E-state index < -0.39 is 0 Å². The Hall–Kier alpha value is -2.01. The van der Waals surface area contributed by atoms with Crippen LogP contribution < -0.4 is 20.0 Å². The zero-order valence-electron chi connectivity index (χ0n) is 14.5. The van der Waals surface area contributed by atoms with Crippen LogP contribution >= 0.6 is 0 Å². The second kappa shape index (κ2) is 7.71. The molecule has 5 heteroatoms. The summed E-state index contributed by atoms with van der Waals surface area (Å²) in [6, 6.07) is 5.33. The molecule has 1 aromatic carbocycles. The minimum Gasteiger partial charge on any atom is -0.454 e. The lowest BCUT2D eigenvalue weighted by Gasteiger charge is -2.20. The number of hydrogen-bond acceptors (Lipinski definition) is 4. The molecule has 0 atom stereocenters. The van der Waals surface area contributed by atoms with Crippen molar-refractivity contribution in [1.29, 1.82) is 0 Å². The molecule has 1 aliphatic heterocycles. The predicted octanol–water partition coefficient (Wildman–Crippen LogP) is 2.51. The number of benzene rings is 1. The van der Waals surface area contributed by atoms with Gasteiger partial charge in [0.1, 0.15) is 12.1 Å². The van der Waals surface area contributed by atoms with Gasteiger partial charge in [0.15, 0.2) is 11.5 Å². The standard InChI is InChI=1S/C19H25NO4/c1-3-5-7-20(8-6-4-2)12-14-9-19(21)24-16-11-18-17(10-15(14)16)22-13-23-18/h9-11H,3-8,12-13H2,1-2H3/p+1. The molecule has 2 heterocycles. The van der Waals surface area contributed by atoms with E-state index in [0.717, 1.165) is 36.3 Å². The van der Waals surface area contributed by atoms with Gasteiger partial charge >= 0.3 is 5.63 Å². The average Bonchev–Trinajstić information content (AvgIpc) is 3.02. The second-order valence-corrected chi connectivity index (χ2v) is 6.43. The molecular weight excluding hydrogens is 306 g/mol. The minimum atomic E-state index is -0.304. The van der Waals surface area contributed by atoms with E-state index in [1.54, 1.807) is 12.1 Å². The first-order chi connectivity index (χ1) is 11.7. The summed E-state index contributed by atoms with van der Waals surface area (Å²) in [6.45, 7) is 7.73. The minimum absolute atomic E-state index is 0.218. The van der Waals surface area contributed by atoms with Crippen LogP contribution in [-0.2, 0) is 6.54 Å². The van der Waals surface area contributed by atoms with Crippen LogP contribution in [0.3, 0.4) is 0 Å². The van der Waals surface area contributed by atoms with E-state index in [2.05, 4.69) is 13.8 Å². The summed E-state index contributed by atoms with van der Waals surface area (Å²) >= 11 is 0. The van der Waals surface area contributed by atoms with Gasteiger partial charge in [-0.05, 0) is 18.9 Å². The topological polar surface area (TPSA) is 53.1 Å². The second-order valence-electron chi connectivity index (χ2n) is 6.43. The molecule has 1 aliphatic rings. The number of hydrogen-bond donors (Lipinski definition) is 1. The summed E-state index contributed by atoms with van der Waals surface area (Å²) in [7, 11) is 0. The summed E-state index contributed by atoms with van der Waals surface area (Å²) in [5.41, 5.74) is 1.30. The molecule has 24 heavy (non-hydrogen) atoms. The molecule has 0 spiro atoms. The maximum absolute atomic E-state index is 12.0. The lowest BCUT2D eigenvalue weighted by atomic mass is 10.1. The van der Waals surface area contributed by atoms with E-state index in [1.807, 2.05) is 6.07 Å². The molecule has 0 amide bonds. The van der Waals surface area contributed by atoms with Gasteiger partial charge in [-0.1, -0.05) is 26.7 Å². The highest BCUT2D eigenvalue weighted by Gasteiger charge is 2.19. The van der Waals surface area contributed by atoms with Gasteiger partial charge in [0.25, 0.3) is 0 Å². The van der Waals surface area contributed by atoms with Gasteiger partial charge in [0, 0.05) is 23.1 Å². The lowest BCUT2D eigenvalue weighted by Crippen LogP contribution is -3.10. The lowest BCUT2D eigenvalue weighted by molar-refractivity contribution is -0.914. The van der Waals surface area contributed by atoms with Crippen molar-refractivity contribution >= 4 is 11.0 Å². The van der Waals surface area contributed by atoms with Crippen LogP contribution in [0.1, 0.15) is 45.1 Å². The molecule has 1 aromatic heterocycles. The van der Waals surface area contributed by atoms with Crippen molar-refractivity contribution in [2.75, 3.05) is 19.9 Å². The third-order valence-corrected chi connectivity index (χ3v) is 4.53. The number of nitrogens with one attached hydrogen (secondary N) is 1. The van der Waals surface area contributed by atoms with Gasteiger partial charge in [0.05, 0.1) is 13.1 Å². The first-order valence-corrected chi connectivity index (χ1v) is 8.91. The molecule has 0 bridgehead atoms. The normalized spacial score (nSPS) is 13.1. The smallest absolute Gasteiger partial charge is 0.336 e. The van der Waals surface area contributed by atoms with Crippen molar-refractivity contribution in [2.24, 2.45) is 0 Å². The van der Waals surface area contributed by atoms with Crippen molar-refractivity contribution < 1.29 is 18.8 Å². The van der Waals surface area contributed by atoms with Gasteiger partial charge in [-0.2, -0.15) is 0 Å². The van der Waals surface area contributed by atoms with E-state index in [9.17, 15) is 4.79 Å². The number of ether oxygens (including phenoxy) is 2. The average molecular weight is 332 g/mol. The van der Waals surface area contributed by atoms with Crippen molar-refractivity contribution in [1.82, 2.24) is 0 Å². The van der Waals surface area contributed by atoms with Gasteiger partial charge in [-0.15, -0.1) is 0 Å². The van der Waals surface area contributed by atoms with Crippen LogP contribution in [-0.4, -0.2) is 19.9 Å². The van der Waals surface area contributed by atoms with Gasteiger partial charge in [0.2, 0.25) is 6.79 Å². The zero-order valence-corrected chi connectivity index (χ0v) is 14.5. The third-order valence-electron chi connectivity index (χ3n) is 4.53. The molecule has 5 nitrogen and oxygen atoms in total. The van der Waals surface area contributed by atoms with Crippen LogP contribution in [0.5, 0.6) is 11.5 Å². The summed E-state index contributed by atoms with van der Waals surface area (Å²) in [5, 5.41) is 0.948. The molecule has 130 valence electrons. The molecule has 0 aliphatic carbocycles. The van der Waals surface area contributed by atoms with Gasteiger partial charge < -0.3 is 18.8 Å². The Balaban J connectivity index is 1.93. The van der Waals surface area contributed by atoms with Crippen molar-refractivity contribution in [3.05, 3.63) is 34.2 Å². The molecule has 2 aromatic rings. The van der Waals surface area contributed by atoms with E-state index in [-0.39, 0.29) is 12.4 Å². The first-order valence-electron chi connectivity index (χ1n) is 8.91. The maximum Gasteiger partial charge on any atom is 0.336 e. The number of fused-ring (bicyclic) bond motifs is 2. The van der Waals surface area contributed by atoms with Crippen LogP contribution in [0.15, 0.2) is 27.4 Å². The highest BCUT2D eigenvalue weighted by atomic mass is 16.7. The van der Waals surface area contributed by atoms with Crippen LogP contribution in [0.2, 0.25) is 0 Å². The molecular formula is C19H26NO4+. The monoisotopic (exact) mass is 332 g/mol. The van der Waals surface area contributed by atoms with E-state index in [0.29, 0.717) is 11.3 Å². The summed E-state index contributed by atoms with van der Waals surface area (Å²) in [6.07, 6.45) is 4.77. The fourth-order valence-electron chi connectivity index (χ4n) is 3.19. The Morgan fingerprint density at radius 1 is 1.00 bits per heavy atom. The number of unbranched alkanes of at least 4 members (excludes halogenated alkanes) is 2. The van der Waals surface area contributed by atoms with E-state index >= 15 is 0 Å². The van der Waals surface area contributed by atoms with Gasteiger partial charge in [-0.25, -0.2) is 4.79 Å². The maximum atomic E-state index is 12.0. The molecule has 0 fully saturated rings. The van der Waals surface area contributed by atoms with Crippen molar-refractivity contribution in [2.45, 2.75) is 46.1 Å². The van der Waals surface area contributed by atoms with Crippen LogP contribution in [0, 0.1) is 0 Å².